The van der Waals surface area contributed by atoms with Crippen LogP contribution in [0.1, 0.15) is 22.3 Å². The largest absolute Gasteiger partial charge is 0.491 e. The van der Waals surface area contributed by atoms with E-state index in [2.05, 4.69) is 5.32 Å². The van der Waals surface area contributed by atoms with Crippen LogP contribution in [0.3, 0.4) is 0 Å². The van der Waals surface area contributed by atoms with Crippen LogP contribution >= 0.6 is 0 Å². The van der Waals surface area contributed by atoms with Gasteiger partial charge in [0.25, 0.3) is 0 Å². The predicted molar refractivity (Wildman–Crippen MR) is 120 cm³/mol. The molecule has 0 saturated carbocycles. The van der Waals surface area contributed by atoms with Crippen LogP contribution in [-0.2, 0) is 15.0 Å². The molecule has 2 rings (SSSR count). The molecule has 0 aliphatic rings. The number of hydrogen-bond acceptors (Lipinski definition) is 4. The Bertz CT molecular complexity index is 1000. The van der Waals surface area contributed by atoms with Gasteiger partial charge in [0.05, 0.1) is 12.2 Å². The number of carbonyl (C=O) groups excluding carboxylic acids is 1. The van der Waals surface area contributed by atoms with Crippen molar-refractivity contribution in [3.05, 3.63) is 58.7 Å². The molecule has 8 heteroatoms. The zero-order valence-corrected chi connectivity index (χ0v) is 19.3. The van der Waals surface area contributed by atoms with Gasteiger partial charge in [-0.2, -0.15) is 12.7 Å². The van der Waals surface area contributed by atoms with E-state index in [1.54, 1.807) is 6.07 Å². The van der Waals surface area contributed by atoms with Crippen LogP contribution in [0.2, 0.25) is 0 Å². The van der Waals surface area contributed by atoms with Crippen molar-refractivity contribution in [3.63, 3.8) is 0 Å². The summed E-state index contributed by atoms with van der Waals surface area (Å²) in [6, 6.07) is 11.4. The summed E-state index contributed by atoms with van der Waals surface area (Å²) >= 11 is 0. The molecule has 0 bridgehead atoms. The molecule has 164 valence electrons. The highest BCUT2D eigenvalue weighted by Crippen LogP contribution is 2.25. The van der Waals surface area contributed by atoms with E-state index in [1.807, 2.05) is 58.0 Å². The van der Waals surface area contributed by atoms with Crippen molar-refractivity contribution in [1.29, 1.82) is 0 Å². The predicted octanol–water partition coefficient (Wildman–Crippen LogP) is 2.73. The van der Waals surface area contributed by atoms with Gasteiger partial charge in [0.1, 0.15) is 18.9 Å². The number of ether oxygens (including phenoxy) is 1. The van der Waals surface area contributed by atoms with Crippen LogP contribution in [0.15, 0.2) is 36.4 Å². The maximum absolute atomic E-state index is 12.9. The molecule has 0 saturated heterocycles. The van der Waals surface area contributed by atoms with Crippen LogP contribution in [0.4, 0.5) is 5.69 Å². The summed E-state index contributed by atoms with van der Waals surface area (Å²) in [4.78, 5) is 12.5. The molecule has 0 spiro atoms. The molecule has 7 nitrogen and oxygen atoms in total. The lowest BCUT2D eigenvalue weighted by atomic mass is 10.1. The summed E-state index contributed by atoms with van der Waals surface area (Å²) < 4.78 is 33.7. The summed E-state index contributed by atoms with van der Waals surface area (Å²) in [7, 11) is -0.940. The van der Waals surface area contributed by atoms with Gasteiger partial charge in [-0.25, -0.2) is 4.31 Å². The number of nitrogens with zero attached hydrogens (tertiary/aromatic N) is 2. The molecule has 1 N–H and O–H groups in total. The number of benzene rings is 2. The fourth-order valence-electron chi connectivity index (χ4n) is 2.98. The van der Waals surface area contributed by atoms with Crippen LogP contribution in [0.25, 0.3) is 0 Å². The van der Waals surface area contributed by atoms with Gasteiger partial charge in [0, 0.05) is 14.1 Å². The summed E-state index contributed by atoms with van der Waals surface area (Å²) in [5, 5.41) is 2.74. The zero-order chi connectivity index (χ0) is 22.5. The van der Waals surface area contributed by atoms with E-state index in [0.29, 0.717) is 12.3 Å². The van der Waals surface area contributed by atoms with Crippen molar-refractivity contribution < 1.29 is 17.9 Å². The highest BCUT2D eigenvalue weighted by Gasteiger charge is 2.28. The molecule has 0 aliphatic heterocycles. The highest BCUT2D eigenvalue weighted by molar-refractivity contribution is 7.90. The average molecular weight is 434 g/mol. The van der Waals surface area contributed by atoms with Gasteiger partial charge in [0.15, 0.2) is 0 Å². The molecule has 2 aromatic carbocycles. The molecule has 0 fully saturated rings. The highest BCUT2D eigenvalue weighted by atomic mass is 32.2. The fourth-order valence-corrected chi connectivity index (χ4v) is 4.10. The third-order valence-corrected chi connectivity index (χ3v) is 6.48. The molecule has 2 aromatic rings. The smallest absolute Gasteiger partial charge is 0.304 e. The van der Waals surface area contributed by atoms with E-state index in [1.165, 1.54) is 14.1 Å². The van der Waals surface area contributed by atoms with E-state index >= 15 is 0 Å². The number of anilines is 1. The van der Waals surface area contributed by atoms with Crippen molar-refractivity contribution in [1.82, 2.24) is 9.62 Å². The van der Waals surface area contributed by atoms with E-state index in [9.17, 15) is 13.2 Å². The number of carbonyl (C=O) groups is 1. The Kier molecular flexibility index (Phi) is 7.86. The van der Waals surface area contributed by atoms with Gasteiger partial charge in [-0.15, -0.1) is 0 Å². The van der Waals surface area contributed by atoms with Crippen LogP contribution in [0, 0.1) is 27.7 Å². The molecule has 0 aromatic heterocycles. The summed E-state index contributed by atoms with van der Waals surface area (Å²) in [6.45, 7) is 7.94. The number of aryl methyl sites for hydroxylation is 4. The number of nitrogens with one attached hydrogen (secondary N) is 1. The summed E-state index contributed by atoms with van der Waals surface area (Å²) in [6.07, 6.45) is 0. The molecule has 0 radical (unpaired) electrons. The summed E-state index contributed by atoms with van der Waals surface area (Å²) in [5.74, 6) is 0.368. The minimum absolute atomic E-state index is 0.273. The molecule has 0 heterocycles. The van der Waals surface area contributed by atoms with E-state index < -0.39 is 16.1 Å². The second-order valence-corrected chi connectivity index (χ2v) is 9.62. The Morgan fingerprint density at radius 1 is 0.967 bits per heavy atom. The van der Waals surface area contributed by atoms with Crippen molar-refractivity contribution in [3.8, 4) is 5.75 Å². The maximum atomic E-state index is 12.9. The topological polar surface area (TPSA) is 79.0 Å². The molecular formula is C22H31N3O4S. The van der Waals surface area contributed by atoms with Gasteiger partial charge in [-0.3, -0.25) is 4.79 Å². The van der Waals surface area contributed by atoms with Crippen molar-refractivity contribution in [2.24, 2.45) is 0 Å². The number of amides is 1. The second kappa shape index (κ2) is 9.95. The Labute approximate surface area is 179 Å². The Hall–Kier alpha value is -2.58. The van der Waals surface area contributed by atoms with Gasteiger partial charge in [-0.05, 0) is 56.5 Å². The molecule has 0 aliphatic carbocycles. The molecule has 1 amide bonds. The monoisotopic (exact) mass is 433 g/mol. The van der Waals surface area contributed by atoms with Crippen LogP contribution < -0.4 is 14.4 Å². The van der Waals surface area contributed by atoms with Crippen molar-refractivity contribution in [2.75, 3.05) is 38.1 Å². The van der Waals surface area contributed by atoms with Crippen molar-refractivity contribution in [2.45, 2.75) is 27.7 Å². The first-order valence-electron chi connectivity index (χ1n) is 9.76. The summed E-state index contributed by atoms with van der Waals surface area (Å²) in [5.41, 5.74) is 4.36. The van der Waals surface area contributed by atoms with Gasteiger partial charge in [-0.1, -0.05) is 29.8 Å². The van der Waals surface area contributed by atoms with Crippen LogP contribution in [-0.4, -0.2) is 52.4 Å². The third-order valence-electron chi connectivity index (χ3n) is 4.67. The number of rotatable bonds is 9. The van der Waals surface area contributed by atoms with E-state index in [0.717, 1.165) is 36.6 Å². The lowest BCUT2D eigenvalue weighted by Crippen LogP contribution is -2.46. The first kappa shape index (κ1) is 23.7. The fraction of sp³-hybridized carbons (Fsp3) is 0.409. The van der Waals surface area contributed by atoms with Crippen LogP contribution in [0.5, 0.6) is 5.75 Å². The van der Waals surface area contributed by atoms with Gasteiger partial charge in [0.2, 0.25) is 5.91 Å². The van der Waals surface area contributed by atoms with Gasteiger partial charge < -0.3 is 10.1 Å². The Morgan fingerprint density at radius 2 is 1.60 bits per heavy atom. The standard InChI is InChI=1S/C22H31N3O4S/c1-16-8-10-21(19(4)13-16)29-12-11-23-22(26)15-25(30(27,28)24(5)6)20-14-17(2)7-9-18(20)3/h7-10,13-14H,11-12,15H2,1-6H3,(H,23,26). The Balaban J connectivity index is 2.05. The van der Waals surface area contributed by atoms with E-state index in [-0.39, 0.29) is 13.1 Å². The number of hydrogen-bond donors (Lipinski definition) is 1. The van der Waals surface area contributed by atoms with Crippen molar-refractivity contribution >= 4 is 21.8 Å². The minimum Gasteiger partial charge on any atom is -0.491 e. The average Bonchev–Trinajstić information content (AvgIpc) is 2.66. The second-order valence-electron chi connectivity index (χ2n) is 7.55. The zero-order valence-electron chi connectivity index (χ0n) is 18.5. The lowest BCUT2D eigenvalue weighted by Gasteiger charge is -2.28. The Morgan fingerprint density at radius 3 is 2.23 bits per heavy atom. The third kappa shape index (κ3) is 5.96. The molecule has 0 unspecified atom stereocenters. The molecule has 0 atom stereocenters. The SMILES string of the molecule is Cc1ccc(OCCNC(=O)CN(c2cc(C)ccc2C)S(=O)(=O)N(C)C)c(C)c1. The first-order chi connectivity index (χ1) is 14.0. The molecule has 30 heavy (non-hydrogen) atoms. The quantitative estimate of drug-likeness (QED) is 0.617. The minimum atomic E-state index is -3.84. The first-order valence-corrected chi connectivity index (χ1v) is 11.2. The molecular weight excluding hydrogens is 402 g/mol. The maximum Gasteiger partial charge on any atom is 0.304 e. The van der Waals surface area contributed by atoms with E-state index in [4.69, 9.17) is 4.74 Å². The normalized spacial score (nSPS) is 11.4. The van der Waals surface area contributed by atoms with Gasteiger partial charge >= 0.3 is 10.2 Å². The lowest BCUT2D eigenvalue weighted by molar-refractivity contribution is -0.119.